The van der Waals surface area contributed by atoms with Crippen LogP contribution in [-0.4, -0.2) is 39.2 Å². The molecule has 174 valence electrons. The highest BCUT2D eigenvalue weighted by atomic mass is 35.5. The molecule has 4 aromatic rings. The summed E-state index contributed by atoms with van der Waals surface area (Å²) in [5.74, 6) is 0.385. The Morgan fingerprint density at radius 2 is 1.79 bits per heavy atom. The summed E-state index contributed by atoms with van der Waals surface area (Å²) in [5.41, 5.74) is -0.449. The lowest BCUT2D eigenvalue weighted by atomic mass is 10.2. The van der Waals surface area contributed by atoms with Gasteiger partial charge >= 0.3 is 5.69 Å². The number of aromatic nitrogens is 4. The van der Waals surface area contributed by atoms with Gasteiger partial charge in [-0.25, -0.2) is 14.8 Å². The number of hydrogen-bond donors (Lipinski definition) is 1. The van der Waals surface area contributed by atoms with Gasteiger partial charge in [0.05, 0.1) is 26.5 Å². The monoisotopic (exact) mass is 481 g/mol. The fourth-order valence-electron chi connectivity index (χ4n) is 3.45. The number of nitrogens with zero attached hydrogens (tertiary/aromatic N) is 4. The Kier molecular flexibility index (Phi) is 6.60. The van der Waals surface area contributed by atoms with E-state index < -0.39 is 23.7 Å². The van der Waals surface area contributed by atoms with E-state index >= 15 is 0 Å². The highest BCUT2D eigenvalue weighted by Gasteiger charge is 2.19. The van der Waals surface area contributed by atoms with Crippen LogP contribution in [0.5, 0.6) is 11.5 Å². The number of hydrogen-bond acceptors (Lipinski definition) is 7. The van der Waals surface area contributed by atoms with Crippen LogP contribution < -0.4 is 26.0 Å². The SMILES string of the molecule is COc1ccc(OC)c(NC(=O)Cn2c(=O)n(Cc3ccccc3Cl)c(=O)c3nccnc32)c1. The molecule has 2 aromatic carbocycles. The second-order valence-corrected chi connectivity index (χ2v) is 7.60. The van der Waals surface area contributed by atoms with Gasteiger partial charge < -0.3 is 14.8 Å². The van der Waals surface area contributed by atoms with Crippen LogP contribution in [0.15, 0.2) is 64.4 Å². The van der Waals surface area contributed by atoms with Crippen molar-refractivity contribution in [3.63, 3.8) is 0 Å². The molecule has 2 heterocycles. The number of fused-ring (bicyclic) bond motifs is 1. The average molecular weight is 482 g/mol. The van der Waals surface area contributed by atoms with Gasteiger partial charge in [0.2, 0.25) is 5.91 Å². The largest absolute Gasteiger partial charge is 0.497 e. The summed E-state index contributed by atoms with van der Waals surface area (Å²) in [7, 11) is 2.97. The molecule has 1 amide bonds. The number of benzene rings is 2. The Labute approximate surface area is 198 Å². The zero-order chi connectivity index (χ0) is 24.2. The number of carbonyl (C=O) groups excluding carboxylic acids is 1. The van der Waals surface area contributed by atoms with Gasteiger partial charge in [-0.15, -0.1) is 0 Å². The van der Waals surface area contributed by atoms with Gasteiger partial charge in [0.1, 0.15) is 18.0 Å². The van der Waals surface area contributed by atoms with Crippen molar-refractivity contribution in [3.8, 4) is 11.5 Å². The summed E-state index contributed by atoms with van der Waals surface area (Å²) in [4.78, 5) is 47.5. The minimum Gasteiger partial charge on any atom is -0.497 e. The van der Waals surface area contributed by atoms with E-state index in [9.17, 15) is 14.4 Å². The molecule has 0 bridgehead atoms. The van der Waals surface area contributed by atoms with Crippen LogP contribution in [0.2, 0.25) is 5.02 Å². The van der Waals surface area contributed by atoms with Crippen molar-refractivity contribution in [1.82, 2.24) is 19.1 Å². The van der Waals surface area contributed by atoms with E-state index in [0.717, 1.165) is 9.13 Å². The van der Waals surface area contributed by atoms with E-state index in [1.807, 2.05) is 0 Å². The molecule has 34 heavy (non-hydrogen) atoms. The Balaban J connectivity index is 1.76. The Hall–Kier alpha value is -4.18. The van der Waals surface area contributed by atoms with E-state index in [4.69, 9.17) is 21.1 Å². The van der Waals surface area contributed by atoms with Gasteiger partial charge in [-0.05, 0) is 23.8 Å². The molecule has 0 saturated carbocycles. The van der Waals surface area contributed by atoms with Crippen molar-refractivity contribution in [2.45, 2.75) is 13.1 Å². The summed E-state index contributed by atoms with van der Waals surface area (Å²) >= 11 is 6.23. The molecule has 0 atom stereocenters. The topological polar surface area (TPSA) is 117 Å². The highest BCUT2D eigenvalue weighted by molar-refractivity contribution is 6.31. The lowest BCUT2D eigenvalue weighted by Gasteiger charge is -2.15. The van der Waals surface area contributed by atoms with Crippen LogP contribution >= 0.6 is 11.6 Å². The summed E-state index contributed by atoms with van der Waals surface area (Å²) in [6, 6.07) is 11.8. The van der Waals surface area contributed by atoms with E-state index in [-0.39, 0.29) is 17.7 Å². The van der Waals surface area contributed by atoms with Gasteiger partial charge in [-0.2, -0.15) is 0 Å². The molecule has 4 rings (SSSR count). The van der Waals surface area contributed by atoms with Crippen molar-refractivity contribution in [2.75, 3.05) is 19.5 Å². The molecule has 0 unspecified atom stereocenters. The third-order valence-corrected chi connectivity index (χ3v) is 5.48. The maximum atomic E-state index is 13.3. The number of rotatable bonds is 7. The molecule has 0 radical (unpaired) electrons. The van der Waals surface area contributed by atoms with Crippen LogP contribution in [0.1, 0.15) is 5.56 Å². The molecule has 0 aliphatic heterocycles. The number of ether oxygens (including phenoxy) is 2. The van der Waals surface area contributed by atoms with E-state index in [1.165, 1.54) is 26.6 Å². The van der Waals surface area contributed by atoms with Gasteiger partial charge in [0, 0.05) is 23.5 Å². The van der Waals surface area contributed by atoms with Crippen LogP contribution in [-0.2, 0) is 17.9 Å². The number of anilines is 1. The van der Waals surface area contributed by atoms with Crippen molar-refractivity contribution < 1.29 is 14.3 Å². The zero-order valence-corrected chi connectivity index (χ0v) is 19.1. The standard InChI is InChI=1S/C23H20ClN5O5/c1-33-15-7-8-18(34-2)17(11-15)27-19(30)13-28-21-20(25-9-10-26-21)22(31)29(23(28)32)12-14-5-3-4-6-16(14)24/h3-11H,12-13H2,1-2H3,(H,27,30). The summed E-state index contributed by atoms with van der Waals surface area (Å²) in [6.45, 7) is -0.508. The maximum Gasteiger partial charge on any atom is 0.333 e. The minimum atomic E-state index is -0.717. The first-order chi connectivity index (χ1) is 16.4. The Morgan fingerprint density at radius 3 is 2.53 bits per heavy atom. The zero-order valence-electron chi connectivity index (χ0n) is 18.3. The lowest BCUT2D eigenvalue weighted by Crippen LogP contribution is -2.42. The maximum absolute atomic E-state index is 13.3. The number of halogens is 1. The summed E-state index contributed by atoms with van der Waals surface area (Å²) < 4.78 is 12.6. The average Bonchev–Trinajstić information content (AvgIpc) is 2.85. The second-order valence-electron chi connectivity index (χ2n) is 7.19. The molecule has 1 N–H and O–H groups in total. The van der Waals surface area contributed by atoms with Crippen molar-refractivity contribution in [3.05, 3.63) is 86.3 Å². The molecular formula is C23H20ClN5O5. The van der Waals surface area contributed by atoms with Gasteiger partial charge in [0.15, 0.2) is 11.2 Å². The van der Waals surface area contributed by atoms with Crippen LogP contribution in [0.4, 0.5) is 5.69 Å². The number of nitrogens with one attached hydrogen (secondary N) is 1. The van der Waals surface area contributed by atoms with Gasteiger partial charge in [0.25, 0.3) is 5.56 Å². The first kappa shape index (κ1) is 23.0. The van der Waals surface area contributed by atoms with E-state index in [1.54, 1.807) is 42.5 Å². The van der Waals surface area contributed by atoms with Crippen LogP contribution in [0.3, 0.4) is 0 Å². The summed E-state index contributed by atoms with van der Waals surface area (Å²) in [6.07, 6.45) is 2.69. The fraction of sp³-hybridized carbons (Fsp3) is 0.174. The summed E-state index contributed by atoms with van der Waals surface area (Å²) in [5, 5.41) is 3.11. The molecule has 0 spiro atoms. The Morgan fingerprint density at radius 1 is 1.03 bits per heavy atom. The van der Waals surface area contributed by atoms with Crippen LogP contribution in [0, 0.1) is 0 Å². The van der Waals surface area contributed by atoms with E-state index in [2.05, 4.69) is 15.3 Å². The third-order valence-electron chi connectivity index (χ3n) is 5.11. The second kappa shape index (κ2) is 9.75. The van der Waals surface area contributed by atoms with E-state index in [0.29, 0.717) is 27.8 Å². The first-order valence-electron chi connectivity index (χ1n) is 10.1. The quantitative estimate of drug-likeness (QED) is 0.430. The molecule has 0 fully saturated rings. The number of amides is 1. The molecule has 0 aliphatic carbocycles. The third kappa shape index (κ3) is 4.48. The normalized spacial score (nSPS) is 10.8. The van der Waals surface area contributed by atoms with Gasteiger partial charge in [-0.1, -0.05) is 29.8 Å². The number of methoxy groups -OCH3 is 2. The molecule has 10 nitrogen and oxygen atoms in total. The van der Waals surface area contributed by atoms with Crippen molar-refractivity contribution >= 4 is 34.4 Å². The minimum absolute atomic E-state index is 0.000617. The molecule has 0 saturated heterocycles. The van der Waals surface area contributed by atoms with Crippen molar-refractivity contribution in [2.24, 2.45) is 0 Å². The number of carbonyl (C=O) groups is 1. The van der Waals surface area contributed by atoms with Gasteiger partial charge in [-0.3, -0.25) is 18.7 Å². The fourth-order valence-corrected chi connectivity index (χ4v) is 3.65. The van der Waals surface area contributed by atoms with Crippen molar-refractivity contribution in [1.29, 1.82) is 0 Å². The predicted octanol–water partition coefficient (Wildman–Crippen LogP) is 2.31. The smallest absolute Gasteiger partial charge is 0.333 e. The molecule has 0 aliphatic rings. The predicted molar refractivity (Wildman–Crippen MR) is 127 cm³/mol. The highest BCUT2D eigenvalue weighted by Crippen LogP contribution is 2.28. The molecular weight excluding hydrogens is 462 g/mol. The van der Waals surface area contributed by atoms with Crippen LogP contribution in [0.25, 0.3) is 11.2 Å². The first-order valence-corrected chi connectivity index (χ1v) is 10.5. The lowest BCUT2D eigenvalue weighted by molar-refractivity contribution is -0.116. The molecule has 2 aromatic heterocycles. The molecule has 11 heteroatoms. The Bertz CT molecular complexity index is 1500.